The number of pyridine rings is 1. The summed E-state index contributed by atoms with van der Waals surface area (Å²) in [7, 11) is 0. The van der Waals surface area contributed by atoms with Crippen LogP contribution in [0.3, 0.4) is 0 Å². The third kappa shape index (κ3) is 6.65. The molecule has 41 heavy (non-hydrogen) atoms. The molecule has 2 fully saturated rings. The van der Waals surface area contributed by atoms with E-state index in [1.54, 1.807) is 12.4 Å². The molecule has 0 saturated carbocycles. The van der Waals surface area contributed by atoms with Crippen molar-refractivity contribution in [1.29, 1.82) is 0 Å². The molecule has 4 heterocycles. The number of benzene rings is 2. The van der Waals surface area contributed by atoms with E-state index in [-0.39, 0.29) is 5.56 Å². The summed E-state index contributed by atoms with van der Waals surface area (Å²) in [5, 5.41) is 3.34. The van der Waals surface area contributed by atoms with Crippen molar-refractivity contribution >= 4 is 17.4 Å². The van der Waals surface area contributed by atoms with E-state index in [0.29, 0.717) is 23.9 Å². The lowest BCUT2D eigenvalue weighted by Crippen LogP contribution is -2.33. The van der Waals surface area contributed by atoms with Crippen LogP contribution in [0.5, 0.6) is 5.75 Å². The number of anilines is 3. The number of aromatic nitrogens is 2. The molecule has 4 aromatic rings. The van der Waals surface area contributed by atoms with Gasteiger partial charge in [-0.2, -0.15) is 0 Å². The number of likely N-dealkylation sites (tertiary alicyclic amines) is 1. The summed E-state index contributed by atoms with van der Waals surface area (Å²) in [4.78, 5) is 24.8. The van der Waals surface area contributed by atoms with Crippen molar-refractivity contribution < 1.29 is 9.15 Å². The van der Waals surface area contributed by atoms with Crippen LogP contribution >= 0.6 is 0 Å². The van der Waals surface area contributed by atoms with Crippen molar-refractivity contribution in [1.82, 2.24) is 14.9 Å². The van der Waals surface area contributed by atoms with Gasteiger partial charge < -0.3 is 24.4 Å². The van der Waals surface area contributed by atoms with E-state index in [1.807, 2.05) is 36.4 Å². The number of rotatable bonds is 9. The first kappa shape index (κ1) is 27.1. The number of nitrogens with zero attached hydrogens (tertiary/aromatic N) is 3. The number of aryl methyl sites for hydroxylation is 1. The van der Waals surface area contributed by atoms with E-state index in [1.165, 1.54) is 51.6 Å². The van der Waals surface area contributed by atoms with Crippen LogP contribution in [0, 0.1) is 6.92 Å². The first-order valence-electron chi connectivity index (χ1n) is 14.9. The second-order valence-electron chi connectivity index (χ2n) is 11.1. The van der Waals surface area contributed by atoms with E-state index in [9.17, 15) is 4.79 Å². The third-order valence-corrected chi connectivity index (χ3v) is 8.13. The summed E-state index contributed by atoms with van der Waals surface area (Å²) in [6, 6.07) is 16.4. The lowest BCUT2D eigenvalue weighted by atomic mass is 10.0. The van der Waals surface area contributed by atoms with Gasteiger partial charge in [0.1, 0.15) is 12.4 Å². The van der Waals surface area contributed by atoms with Crippen LogP contribution < -0.4 is 20.5 Å². The van der Waals surface area contributed by atoms with Crippen LogP contribution in [0.15, 0.2) is 70.1 Å². The number of hydrogen-bond donors (Lipinski definition) is 2. The molecule has 8 heteroatoms. The van der Waals surface area contributed by atoms with Gasteiger partial charge in [0.05, 0.1) is 6.20 Å². The van der Waals surface area contributed by atoms with Crippen LogP contribution in [-0.2, 0) is 0 Å². The molecular weight excluding hydrogens is 514 g/mol. The molecule has 2 aliphatic rings. The lowest BCUT2D eigenvalue weighted by Gasteiger charge is -2.29. The monoisotopic (exact) mass is 553 g/mol. The molecule has 0 bridgehead atoms. The summed E-state index contributed by atoms with van der Waals surface area (Å²) >= 11 is 0. The van der Waals surface area contributed by atoms with E-state index >= 15 is 0 Å². The van der Waals surface area contributed by atoms with Gasteiger partial charge in [-0.3, -0.25) is 9.69 Å². The first-order chi connectivity index (χ1) is 20.1. The Morgan fingerprint density at radius 3 is 2.54 bits per heavy atom. The number of hydrogen-bond acceptors (Lipinski definition) is 7. The van der Waals surface area contributed by atoms with Crippen LogP contribution in [0.2, 0.25) is 0 Å². The number of oxazole rings is 1. The van der Waals surface area contributed by atoms with Gasteiger partial charge in [-0.15, -0.1) is 0 Å². The molecule has 0 atom stereocenters. The molecule has 0 radical (unpaired) electrons. The van der Waals surface area contributed by atoms with Crippen LogP contribution in [0.4, 0.5) is 17.4 Å². The van der Waals surface area contributed by atoms with Gasteiger partial charge in [0, 0.05) is 54.4 Å². The predicted molar refractivity (Wildman–Crippen MR) is 164 cm³/mol. The summed E-state index contributed by atoms with van der Waals surface area (Å²) in [5.41, 5.74) is 5.34. The molecule has 0 spiro atoms. The molecule has 6 rings (SSSR count). The van der Waals surface area contributed by atoms with Crippen LogP contribution in [0.1, 0.15) is 44.1 Å². The fourth-order valence-corrected chi connectivity index (χ4v) is 5.77. The van der Waals surface area contributed by atoms with Gasteiger partial charge in [0.15, 0.2) is 5.76 Å². The number of ether oxygens (including phenoxy) is 1. The first-order valence-corrected chi connectivity index (χ1v) is 14.9. The maximum atomic E-state index is 12.6. The fraction of sp³-hybridized carbons (Fsp3) is 0.394. The Morgan fingerprint density at radius 2 is 1.73 bits per heavy atom. The third-order valence-electron chi connectivity index (χ3n) is 8.13. The van der Waals surface area contributed by atoms with Crippen molar-refractivity contribution in [2.75, 3.05) is 49.5 Å². The second kappa shape index (κ2) is 12.6. The van der Waals surface area contributed by atoms with Gasteiger partial charge >= 0.3 is 0 Å². The smallest absolute Gasteiger partial charge is 0.299 e. The van der Waals surface area contributed by atoms with Crippen molar-refractivity contribution in [2.45, 2.75) is 45.4 Å². The van der Waals surface area contributed by atoms with Crippen molar-refractivity contribution in [3.05, 3.63) is 76.8 Å². The molecule has 0 amide bonds. The van der Waals surface area contributed by atoms with Gasteiger partial charge in [0.25, 0.3) is 11.6 Å². The molecule has 8 nitrogen and oxygen atoms in total. The molecule has 2 aromatic heterocycles. The van der Waals surface area contributed by atoms with Gasteiger partial charge in [-0.1, -0.05) is 12.5 Å². The van der Waals surface area contributed by atoms with Crippen molar-refractivity contribution in [3.8, 4) is 28.2 Å². The molecule has 0 unspecified atom stereocenters. The normalized spacial score (nSPS) is 16.1. The van der Waals surface area contributed by atoms with Crippen LogP contribution in [0.25, 0.3) is 22.5 Å². The Balaban J connectivity index is 1.21. The summed E-state index contributed by atoms with van der Waals surface area (Å²) in [6.45, 7) is 8.02. The predicted octanol–water partition coefficient (Wildman–Crippen LogP) is 6.60. The van der Waals surface area contributed by atoms with Gasteiger partial charge in [0.2, 0.25) is 0 Å². The highest BCUT2D eigenvalue weighted by Crippen LogP contribution is 2.34. The van der Waals surface area contributed by atoms with Gasteiger partial charge in [-0.05, 0) is 99.6 Å². The molecule has 2 N–H and O–H groups in total. The molecule has 0 aliphatic carbocycles. The minimum Gasteiger partial charge on any atom is -0.492 e. The molecule has 214 valence electrons. The Labute approximate surface area is 241 Å². The SMILES string of the molecule is Cc1ccc(OCCN2CCCCC2)cc1Nc1ncc(-c2cc(-c3ccc[nH]c3=O)cc(N3CCCCC3)c2)o1. The molecular formula is C33H39N5O3. The fourth-order valence-electron chi connectivity index (χ4n) is 5.77. The highest BCUT2D eigenvalue weighted by molar-refractivity contribution is 5.76. The zero-order valence-corrected chi connectivity index (χ0v) is 23.8. The maximum absolute atomic E-state index is 12.6. The topological polar surface area (TPSA) is 86.6 Å². The number of nitrogens with one attached hydrogen (secondary N) is 2. The highest BCUT2D eigenvalue weighted by Gasteiger charge is 2.17. The Bertz CT molecular complexity index is 1520. The zero-order valence-electron chi connectivity index (χ0n) is 23.8. The summed E-state index contributed by atoms with van der Waals surface area (Å²) in [5.74, 6) is 1.47. The Morgan fingerprint density at radius 1 is 0.951 bits per heavy atom. The zero-order chi connectivity index (χ0) is 28.0. The highest BCUT2D eigenvalue weighted by atomic mass is 16.5. The van der Waals surface area contributed by atoms with E-state index in [4.69, 9.17) is 9.15 Å². The van der Waals surface area contributed by atoms with Crippen molar-refractivity contribution in [2.24, 2.45) is 0 Å². The van der Waals surface area contributed by atoms with E-state index < -0.39 is 0 Å². The maximum Gasteiger partial charge on any atom is 0.299 e. The van der Waals surface area contributed by atoms with Crippen LogP contribution in [-0.4, -0.2) is 54.2 Å². The molecule has 2 aliphatic heterocycles. The summed E-state index contributed by atoms with van der Waals surface area (Å²) in [6.07, 6.45) is 10.9. The molecule has 2 saturated heterocycles. The Hall–Kier alpha value is -4.04. The largest absolute Gasteiger partial charge is 0.492 e. The van der Waals surface area contributed by atoms with Gasteiger partial charge in [-0.25, -0.2) is 4.98 Å². The minimum absolute atomic E-state index is 0.109. The number of aromatic amines is 1. The minimum atomic E-state index is -0.109. The number of H-pyrrole nitrogens is 1. The lowest BCUT2D eigenvalue weighted by molar-refractivity contribution is 0.183. The standard InChI is InChI=1S/C33H39N5O3/c1-24-10-11-28(40-18-17-37-13-4-2-5-14-37)22-30(24)36-33-35-23-31(41-33)26-19-25(29-9-8-12-34-32(29)39)20-27(21-26)38-15-6-3-7-16-38/h8-12,19-23H,2-7,13-18H2,1H3,(H,34,39)(H,35,36). The second-order valence-corrected chi connectivity index (χ2v) is 11.1. The van der Waals surface area contributed by atoms with E-state index in [0.717, 1.165) is 53.4 Å². The average molecular weight is 554 g/mol. The van der Waals surface area contributed by atoms with E-state index in [2.05, 4.69) is 44.1 Å². The summed E-state index contributed by atoms with van der Waals surface area (Å²) < 4.78 is 12.3. The number of piperidine rings is 2. The average Bonchev–Trinajstić information content (AvgIpc) is 3.48. The molecule has 2 aromatic carbocycles. The van der Waals surface area contributed by atoms with Crippen molar-refractivity contribution in [3.63, 3.8) is 0 Å². The Kier molecular flexibility index (Phi) is 8.37. The quantitative estimate of drug-likeness (QED) is 0.241.